The van der Waals surface area contributed by atoms with Gasteiger partial charge in [0.05, 0.1) is 23.8 Å². The highest BCUT2D eigenvalue weighted by Gasteiger charge is 2.47. The average Bonchev–Trinajstić information content (AvgIpc) is 3.17. The lowest BCUT2D eigenvalue weighted by Gasteiger charge is -2.26. The summed E-state index contributed by atoms with van der Waals surface area (Å²) in [6.07, 6.45) is -3.83. The Kier molecular flexibility index (Phi) is 7.72. The number of halogens is 3. The highest BCUT2D eigenvalue weighted by molar-refractivity contribution is 6.51. The van der Waals surface area contributed by atoms with Crippen molar-refractivity contribution in [1.82, 2.24) is 0 Å². The SMILES string of the molecule is CCCOc1ccc(/C(O)=C2\C(=O)C(=O)N(c3cccc(C(F)(F)F)c3)C2c2ccc(N(C)C)cc2)cc1C. The monoisotopic (exact) mass is 538 g/mol. The van der Waals surface area contributed by atoms with E-state index in [2.05, 4.69) is 0 Å². The lowest BCUT2D eigenvalue weighted by Crippen LogP contribution is -2.29. The number of hydrogen-bond donors (Lipinski definition) is 1. The van der Waals surface area contributed by atoms with Crippen LogP contribution in [0.25, 0.3) is 5.76 Å². The summed E-state index contributed by atoms with van der Waals surface area (Å²) < 4.78 is 46.2. The number of nitrogens with zero attached hydrogens (tertiary/aromatic N) is 2. The van der Waals surface area contributed by atoms with Crippen molar-refractivity contribution in [2.75, 3.05) is 30.5 Å². The fraction of sp³-hybridized carbons (Fsp3) is 0.267. The number of aliphatic hydroxyl groups excluding tert-OH is 1. The van der Waals surface area contributed by atoms with Crippen LogP contribution in [0.2, 0.25) is 0 Å². The largest absolute Gasteiger partial charge is 0.507 e. The van der Waals surface area contributed by atoms with Gasteiger partial charge >= 0.3 is 6.18 Å². The van der Waals surface area contributed by atoms with Crippen LogP contribution in [0.15, 0.2) is 72.3 Å². The van der Waals surface area contributed by atoms with Gasteiger partial charge in [-0.2, -0.15) is 13.2 Å². The molecule has 0 bridgehead atoms. The number of ether oxygens (including phenoxy) is 1. The van der Waals surface area contributed by atoms with Gasteiger partial charge in [0.1, 0.15) is 11.5 Å². The van der Waals surface area contributed by atoms with E-state index in [0.29, 0.717) is 23.5 Å². The van der Waals surface area contributed by atoms with Crippen LogP contribution in [0.4, 0.5) is 24.5 Å². The maximum Gasteiger partial charge on any atom is 0.416 e. The highest BCUT2D eigenvalue weighted by Crippen LogP contribution is 2.44. The first kappa shape index (κ1) is 27.8. The van der Waals surface area contributed by atoms with Crippen molar-refractivity contribution >= 4 is 28.8 Å². The van der Waals surface area contributed by atoms with Crippen LogP contribution in [0.1, 0.15) is 41.6 Å². The zero-order valence-electron chi connectivity index (χ0n) is 22.0. The summed E-state index contributed by atoms with van der Waals surface area (Å²) in [7, 11) is 3.69. The van der Waals surface area contributed by atoms with Crippen molar-refractivity contribution in [3.63, 3.8) is 0 Å². The Labute approximate surface area is 224 Å². The molecule has 3 aromatic carbocycles. The predicted molar refractivity (Wildman–Crippen MR) is 144 cm³/mol. The summed E-state index contributed by atoms with van der Waals surface area (Å²) in [5, 5.41) is 11.4. The zero-order valence-corrected chi connectivity index (χ0v) is 22.0. The highest BCUT2D eigenvalue weighted by atomic mass is 19.4. The van der Waals surface area contributed by atoms with Crippen LogP contribution >= 0.6 is 0 Å². The van der Waals surface area contributed by atoms with Gasteiger partial charge in [0, 0.05) is 31.0 Å². The third-order valence-electron chi connectivity index (χ3n) is 6.53. The molecule has 1 heterocycles. The number of carbonyl (C=O) groups is 2. The zero-order chi connectivity index (χ0) is 28.5. The second-order valence-corrected chi connectivity index (χ2v) is 9.53. The second-order valence-electron chi connectivity index (χ2n) is 9.53. The van der Waals surface area contributed by atoms with Crippen LogP contribution in [0.3, 0.4) is 0 Å². The molecule has 1 aliphatic rings. The molecule has 1 fully saturated rings. The molecule has 0 spiro atoms. The number of carbonyl (C=O) groups excluding carboxylic acids is 2. The molecule has 4 rings (SSSR count). The Bertz CT molecular complexity index is 1430. The van der Waals surface area contributed by atoms with Gasteiger partial charge in [-0.15, -0.1) is 0 Å². The van der Waals surface area contributed by atoms with E-state index in [4.69, 9.17) is 4.74 Å². The molecule has 3 aromatic rings. The van der Waals surface area contributed by atoms with Crippen molar-refractivity contribution in [3.05, 3.63) is 94.6 Å². The molecule has 1 saturated heterocycles. The Morgan fingerprint density at radius 3 is 2.31 bits per heavy atom. The van der Waals surface area contributed by atoms with Crippen LogP contribution in [0.5, 0.6) is 5.75 Å². The minimum Gasteiger partial charge on any atom is -0.507 e. The van der Waals surface area contributed by atoms with E-state index in [1.54, 1.807) is 49.4 Å². The molecule has 1 N–H and O–H groups in total. The number of Topliss-reactive ketones (excluding diaryl/α,β-unsaturated/α-hetero) is 1. The number of aryl methyl sites for hydroxylation is 1. The van der Waals surface area contributed by atoms with Crippen LogP contribution in [-0.4, -0.2) is 37.5 Å². The Hall–Kier alpha value is -4.27. The summed E-state index contributed by atoms with van der Waals surface area (Å²) in [6.45, 7) is 4.28. The molecule has 0 aromatic heterocycles. The minimum absolute atomic E-state index is 0.104. The van der Waals surface area contributed by atoms with Crippen molar-refractivity contribution in [3.8, 4) is 5.75 Å². The molecule has 6 nitrogen and oxygen atoms in total. The number of benzene rings is 3. The molecular weight excluding hydrogens is 509 g/mol. The first-order valence-corrected chi connectivity index (χ1v) is 12.4. The Morgan fingerprint density at radius 2 is 1.72 bits per heavy atom. The van der Waals surface area contributed by atoms with E-state index >= 15 is 0 Å². The van der Waals surface area contributed by atoms with E-state index < -0.39 is 35.2 Å². The Balaban J connectivity index is 1.90. The number of alkyl halides is 3. The molecule has 1 aliphatic heterocycles. The van der Waals surface area contributed by atoms with Gasteiger partial charge in [-0.05, 0) is 73.0 Å². The number of anilines is 2. The van der Waals surface area contributed by atoms with E-state index in [-0.39, 0.29) is 16.8 Å². The number of rotatable bonds is 7. The molecule has 39 heavy (non-hydrogen) atoms. The Morgan fingerprint density at radius 1 is 1.03 bits per heavy atom. The van der Waals surface area contributed by atoms with E-state index in [1.165, 1.54) is 12.1 Å². The summed E-state index contributed by atoms with van der Waals surface area (Å²) in [6, 6.07) is 14.9. The molecular formula is C30H29F3N2O4. The molecule has 9 heteroatoms. The normalized spacial score (nSPS) is 17.0. The van der Waals surface area contributed by atoms with Gasteiger partial charge < -0.3 is 14.7 Å². The van der Waals surface area contributed by atoms with Crippen molar-refractivity contribution < 1.29 is 32.6 Å². The standard InChI is InChI=1S/C30H29F3N2O4/c1-5-15-39-24-14-11-20(16-18(24)2)27(36)25-26(19-9-12-22(13-10-19)34(3)4)35(29(38)28(25)37)23-8-6-7-21(17-23)30(31,32)33/h6-14,16-17,26,36H,5,15H2,1-4H3/b27-25+. The summed E-state index contributed by atoms with van der Waals surface area (Å²) in [5.74, 6) is -1.82. The second kappa shape index (κ2) is 10.8. The molecule has 204 valence electrons. The molecule has 0 radical (unpaired) electrons. The van der Waals surface area contributed by atoms with E-state index in [0.717, 1.165) is 29.1 Å². The maximum atomic E-state index is 13.5. The molecule has 0 saturated carbocycles. The topological polar surface area (TPSA) is 70.1 Å². The molecule has 1 atom stereocenters. The predicted octanol–water partition coefficient (Wildman–Crippen LogP) is 6.49. The number of amides is 1. The molecule has 1 amide bonds. The van der Waals surface area contributed by atoms with Crippen LogP contribution in [-0.2, 0) is 15.8 Å². The molecule has 0 aliphatic carbocycles. The quantitative estimate of drug-likeness (QED) is 0.211. The summed E-state index contributed by atoms with van der Waals surface area (Å²) in [4.78, 5) is 29.6. The first-order valence-electron chi connectivity index (χ1n) is 12.4. The van der Waals surface area contributed by atoms with E-state index in [9.17, 15) is 27.9 Å². The van der Waals surface area contributed by atoms with Crippen molar-refractivity contribution in [1.29, 1.82) is 0 Å². The number of ketones is 1. The van der Waals surface area contributed by atoms with Gasteiger partial charge in [-0.25, -0.2) is 0 Å². The first-order chi connectivity index (χ1) is 18.4. The van der Waals surface area contributed by atoms with Gasteiger partial charge in [0.2, 0.25) is 0 Å². The third-order valence-corrected chi connectivity index (χ3v) is 6.53. The lowest BCUT2D eigenvalue weighted by molar-refractivity contribution is -0.137. The van der Waals surface area contributed by atoms with Gasteiger partial charge in [0.25, 0.3) is 11.7 Å². The van der Waals surface area contributed by atoms with Crippen LogP contribution in [0, 0.1) is 6.92 Å². The average molecular weight is 539 g/mol. The molecule has 1 unspecified atom stereocenters. The van der Waals surface area contributed by atoms with Gasteiger partial charge in [-0.1, -0.05) is 25.1 Å². The smallest absolute Gasteiger partial charge is 0.416 e. The lowest BCUT2D eigenvalue weighted by atomic mass is 9.94. The van der Waals surface area contributed by atoms with Crippen molar-refractivity contribution in [2.24, 2.45) is 0 Å². The third kappa shape index (κ3) is 5.48. The van der Waals surface area contributed by atoms with Gasteiger partial charge in [0.15, 0.2) is 0 Å². The van der Waals surface area contributed by atoms with Gasteiger partial charge in [-0.3, -0.25) is 14.5 Å². The number of hydrogen-bond acceptors (Lipinski definition) is 5. The fourth-order valence-electron chi connectivity index (χ4n) is 4.53. The van der Waals surface area contributed by atoms with Crippen LogP contribution < -0.4 is 14.5 Å². The minimum atomic E-state index is -4.65. The maximum absolute atomic E-state index is 13.5. The number of aliphatic hydroxyl groups is 1. The van der Waals surface area contributed by atoms with Crippen molar-refractivity contribution in [2.45, 2.75) is 32.5 Å². The van der Waals surface area contributed by atoms with E-state index in [1.807, 2.05) is 25.9 Å². The summed E-state index contributed by atoms with van der Waals surface area (Å²) in [5.41, 5.74) is 1.02. The fourth-order valence-corrected chi connectivity index (χ4v) is 4.53. The summed E-state index contributed by atoms with van der Waals surface area (Å²) >= 11 is 0.